The van der Waals surface area contributed by atoms with Crippen LogP contribution < -0.4 is 10.1 Å². The lowest BCUT2D eigenvalue weighted by Gasteiger charge is -2.28. The Labute approximate surface area is 166 Å². The normalized spacial score (nSPS) is 17.8. The van der Waals surface area contributed by atoms with Crippen molar-refractivity contribution in [3.63, 3.8) is 0 Å². The Morgan fingerprint density at radius 3 is 2.11 bits per heavy atom. The molecule has 0 bridgehead atoms. The van der Waals surface area contributed by atoms with Crippen molar-refractivity contribution in [3.8, 4) is 5.75 Å². The molecule has 1 aromatic rings. The minimum atomic E-state index is -0.659. The first-order chi connectivity index (χ1) is 13.3. The molecule has 154 valence electrons. The van der Waals surface area contributed by atoms with Gasteiger partial charge in [0, 0.05) is 0 Å². The highest BCUT2D eigenvalue weighted by Gasteiger charge is 2.49. The summed E-state index contributed by atoms with van der Waals surface area (Å²) in [6, 6.07) is 6.73. The molecule has 1 atom stereocenters. The van der Waals surface area contributed by atoms with Crippen molar-refractivity contribution in [2.24, 2.45) is 17.8 Å². The topological polar surface area (TPSA) is 73.9 Å². The summed E-state index contributed by atoms with van der Waals surface area (Å²) in [4.78, 5) is 25.3. The van der Waals surface area contributed by atoms with Gasteiger partial charge in [0.15, 0.2) is 0 Å². The van der Waals surface area contributed by atoms with Gasteiger partial charge in [-0.25, -0.2) is 9.59 Å². The Balaban J connectivity index is 1.66. The van der Waals surface area contributed by atoms with Gasteiger partial charge >= 0.3 is 12.1 Å². The monoisotopic (exact) mass is 389 g/mol. The summed E-state index contributed by atoms with van der Waals surface area (Å²) in [6.07, 6.45) is 3.88. The Bertz CT molecular complexity index is 674. The van der Waals surface area contributed by atoms with E-state index >= 15 is 0 Å². The number of methoxy groups -OCH3 is 1. The zero-order chi connectivity index (χ0) is 20.3. The van der Waals surface area contributed by atoms with Crippen molar-refractivity contribution in [1.29, 1.82) is 0 Å². The van der Waals surface area contributed by atoms with Crippen LogP contribution in [0.1, 0.15) is 52.0 Å². The predicted molar refractivity (Wildman–Crippen MR) is 105 cm³/mol. The molecule has 2 aliphatic carbocycles. The van der Waals surface area contributed by atoms with Gasteiger partial charge in [-0.2, -0.15) is 0 Å². The number of benzene rings is 1. The van der Waals surface area contributed by atoms with Gasteiger partial charge in [0.1, 0.15) is 24.0 Å². The second-order valence-corrected chi connectivity index (χ2v) is 8.83. The lowest BCUT2D eigenvalue weighted by atomic mass is 9.89. The first-order valence-corrected chi connectivity index (χ1v) is 10.1. The van der Waals surface area contributed by atoms with Crippen LogP contribution in [0.3, 0.4) is 0 Å². The van der Waals surface area contributed by atoms with E-state index in [-0.39, 0.29) is 18.5 Å². The SMILES string of the molecule is COc1ccc(COC(=O)C(NC(=O)OC(C)(C)C)C(C2CC2)C2CC2)cc1. The highest BCUT2D eigenvalue weighted by Crippen LogP contribution is 2.51. The van der Waals surface area contributed by atoms with Crippen LogP contribution in [0.5, 0.6) is 5.75 Å². The van der Waals surface area contributed by atoms with Crippen LogP contribution in [0.15, 0.2) is 24.3 Å². The quantitative estimate of drug-likeness (QED) is 0.679. The Morgan fingerprint density at radius 2 is 1.64 bits per heavy atom. The van der Waals surface area contributed by atoms with E-state index in [0.717, 1.165) is 37.0 Å². The fraction of sp³-hybridized carbons (Fsp3) is 0.636. The summed E-state index contributed by atoms with van der Waals surface area (Å²) in [7, 11) is 1.61. The summed E-state index contributed by atoms with van der Waals surface area (Å²) in [6.45, 7) is 5.59. The number of hydrogen-bond donors (Lipinski definition) is 1. The van der Waals surface area contributed by atoms with E-state index in [0.29, 0.717) is 11.8 Å². The summed E-state index contributed by atoms with van der Waals surface area (Å²) >= 11 is 0. The summed E-state index contributed by atoms with van der Waals surface area (Å²) in [5.41, 5.74) is 0.260. The standard InChI is InChI=1S/C22H31NO5/c1-22(2,3)28-21(25)23-19(18(15-7-8-15)16-9-10-16)20(24)27-13-14-5-11-17(26-4)12-6-14/h5-6,11-12,15-16,18-19H,7-10,13H2,1-4H3,(H,23,25). The molecule has 1 amide bonds. The second-order valence-electron chi connectivity index (χ2n) is 8.83. The molecule has 0 heterocycles. The maximum Gasteiger partial charge on any atom is 0.408 e. The third-order valence-corrected chi connectivity index (χ3v) is 5.18. The first kappa shape index (κ1) is 20.5. The molecule has 0 radical (unpaired) electrons. The second kappa shape index (κ2) is 8.41. The highest BCUT2D eigenvalue weighted by molar-refractivity contribution is 5.82. The predicted octanol–water partition coefficient (Wildman–Crippen LogP) is 4.07. The molecule has 6 nitrogen and oxygen atoms in total. The maximum atomic E-state index is 12.9. The molecule has 2 fully saturated rings. The van der Waals surface area contributed by atoms with Gasteiger partial charge in [-0.1, -0.05) is 12.1 Å². The molecule has 2 saturated carbocycles. The van der Waals surface area contributed by atoms with Gasteiger partial charge in [-0.3, -0.25) is 0 Å². The van der Waals surface area contributed by atoms with E-state index in [1.165, 1.54) is 0 Å². The number of carbonyl (C=O) groups is 2. The fourth-order valence-electron chi connectivity index (χ4n) is 3.60. The Hall–Kier alpha value is -2.24. The highest BCUT2D eigenvalue weighted by atomic mass is 16.6. The molecular weight excluding hydrogens is 358 g/mol. The van der Waals surface area contributed by atoms with Gasteiger partial charge in [0.25, 0.3) is 0 Å². The molecule has 0 aliphatic heterocycles. The van der Waals surface area contributed by atoms with E-state index in [4.69, 9.17) is 14.2 Å². The van der Waals surface area contributed by atoms with Crippen molar-refractivity contribution in [1.82, 2.24) is 5.32 Å². The fourth-order valence-corrected chi connectivity index (χ4v) is 3.60. The van der Waals surface area contributed by atoms with E-state index in [2.05, 4.69) is 5.32 Å². The van der Waals surface area contributed by atoms with Gasteiger partial charge in [0.05, 0.1) is 7.11 Å². The third kappa shape index (κ3) is 5.88. The molecule has 1 unspecified atom stereocenters. The third-order valence-electron chi connectivity index (χ3n) is 5.18. The number of rotatable bonds is 8. The molecule has 0 saturated heterocycles. The molecule has 1 aromatic carbocycles. The maximum absolute atomic E-state index is 12.9. The molecule has 6 heteroatoms. The van der Waals surface area contributed by atoms with Crippen molar-refractivity contribution in [3.05, 3.63) is 29.8 Å². The smallest absolute Gasteiger partial charge is 0.408 e. The average Bonchev–Trinajstić information content (AvgIpc) is 3.52. The lowest BCUT2D eigenvalue weighted by Crippen LogP contribution is -2.49. The lowest BCUT2D eigenvalue weighted by molar-refractivity contribution is -0.149. The van der Waals surface area contributed by atoms with Gasteiger partial charge < -0.3 is 19.5 Å². The van der Waals surface area contributed by atoms with E-state index in [1.807, 2.05) is 45.0 Å². The van der Waals surface area contributed by atoms with Gasteiger partial charge in [0.2, 0.25) is 0 Å². The summed E-state index contributed by atoms with van der Waals surface area (Å²) < 4.78 is 16.1. The number of nitrogens with one attached hydrogen (secondary N) is 1. The molecular formula is C22H31NO5. The van der Waals surface area contributed by atoms with Crippen LogP contribution in [0.2, 0.25) is 0 Å². The Kier molecular flexibility index (Phi) is 6.16. The summed E-state index contributed by atoms with van der Waals surface area (Å²) in [5.74, 6) is 1.48. The number of hydrogen-bond acceptors (Lipinski definition) is 5. The molecule has 28 heavy (non-hydrogen) atoms. The first-order valence-electron chi connectivity index (χ1n) is 10.1. The van der Waals surface area contributed by atoms with Crippen molar-refractivity contribution in [2.45, 2.75) is 64.7 Å². The zero-order valence-corrected chi connectivity index (χ0v) is 17.2. The van der Waals surface area contributed by atoms with Crippen molar-refractivity contribution >= 4 is 12.1 Å². The van der Waals surface area contributed by atoms with Crippen LogP contribution >= 0.6 is 0 Å². The molecule has 1 N–H and O–H groups in total. The average molecular weight is 389 g/mol. The largest absolute Gasteiger partial charge is 0.497 e. The van der Waals surface area contributed by atoms with Crippen LogP contribution in [0.4, 0.5) is 4.79 Å². The van der Waals surface area contributed by atoms with Crippen LogP contribution in [-0.4, -0.2) is 30.8 Å². The van der Waals surface area contributed by atoms with E-state index in [9.17, 15) is 9.59 Å². The number of amides is 1. The Morgan fingerprint density at radius 1 is 1.07 bits per heavy atom. The van der Waals surface area contributed by atoms with Crippen molar-refractivity contribution in [2.75, 3.05) is 7.11 Å². The van der Waals surface area contributed by atoms with Crippen molar-refractivity contribution < 1.29 is 23.8 Å². The molecule has 2 aliphatic rings. The van der Waals surface area contributed by atoms with Gasteiger partial charge in [-0.15, -0.1) is 0 Å². The minimum absolute atomic E-state index is 0.135. The minimum Gasteiger partial charge on any atom is -0.497 e. The molecule has 3 rings (SSSR count). The summed E-state index contributed by atoms with van der Waals surface area (Å²) in [5, 5.41) is 2.81. The number of carbonyl (C=O) groups excluding carboxylic acids is 2. The number of esters is 1. The van der Waals surface area contributed by atoms with Gasteiger partial charge in [-0.05, 0) is 81.9 Å². The zero-order valence-electron chi connectivity index (χ0n) is 17.2. The van der Waals surface area contributed by atoms with Crippen LogP contribution in [-0.2, 0) is 20.9 Å². The molecule has 0 aromatic heterocycles. The van der Waals surface area contributed by atoms with E-state index < -0.39 is 17.7 Å². The number of alkyl carbamates (subject to hydrolysis) is 1. The number of ether oxygens (including phenoxy) is 3. The van der Waals surface area contributed by atoms with Crippen LogP contribution in [0.25, 0.3) is 0 Å². The van der Waals surface area contributed by atoms with Crippen LogP contribution in [0, 0.1) is 17.8 Å². The molecule has 0 spiro atoms. The van der Waals surface area contributed by atoms with E-state index in [1.54, 1.807) is 7.11 Å².